The van der Waals surface area contributed by atoms with Gasteiger partial charge in [-0.3, -0.25) is 9.36 Å². The van der Waals surface area contributed by atoms with Crippen LogP contribution in [-0.2, 0) is 4.79 Å². The van der Waals surface area contributed by atoms with Crippen LogP contribution in [0, 0.1) is 6.92 Å². The molecule has 7 nitrogen and oxygen atoms in total. The van der Waals surface area contributed by atoms with E-state index in [1.807, 2.05) is 41.8 Å². The van der Waals surface area contributed by atoms with Gasteiger partial charge in [0.05, 0.1) is 30.4 Å². The van der Waals surface area contributed by atoms with Gasteiger partial charge in [0.15, 0.2) is 11.0 Å². The maximum absolute atomic E-state index is 11.9. The van der Waals surface area contributed by atoms with Crippen LogP contribution in [0.25, 0.3) is 17.1 Å². The fourth-order valence-corrected chi connectivity index (χ4v) is 3.27. The van der Waals surface area contributed by atoms with E-state index in [1.165, 1.54) is 11.8 Å². The number of methoxy groups -OCH3 is 1. The number of carbonyl (C=O) groups is 1. The molecule has 0 radical (unpaired) electrons. The van der Waals surface area contributed by atoms with Crippen molar-refractivity contribution in [3.63, 3.8) is 0 Å². The molecule has 2 aromatic heterocycles. The summed E-state index contributed by atoms with van der Waals surface area (Å²) in [6, 6.07) is 9.43. The highest BCUT2D eigenvalue weighted by Crippen LogP contribution is 2.30. The minimum atomic E-state index is -0.0924. The Kier molecular flexibility index (Phi) is 5.97. The molecule has 0 fully saturated rings. The summed E-state index contributed by atoms with van der Waals surface area (Å²) in [6.07, 6.45) is 3.26. The molecule has 2 heterocycles. The summed E-state index contributed by atoms with van der Waals surface area (Å²) in [7, 11) is 1.62. The van der Waals surface area contributed by atoms with E-state index < -0.39 is 0 Å². The molecule has 3 rings (SSSR count). The number of nitrogens with zero attached hydrogens (tertiary/aromatic N) is 3. The Morgan fingerprint density at radius 3 is 2.74 bits per heavy atom. The fraction of sp³-hybridized carbons (Fsp3) is 0.211. The highest BCUT2D eigenvalue weighted by molar-refractivity contribution is 7.99. The third-order valence-corrected chi connectivity index (χ3v) is 4.77. The minimum absolute atomic E-state index is 0.0924. The molecule has 0 bridgehead atoms. The van der Waals surface area contributed by atoms with E-state index in [0.717, 1.165) is 22.8 Å². The molecule has 0 aliphatic heterocycles. The highest BCUT2D eigenvalue weighted by Gasteiger charge is 2.19. The summed E-state index contributed by atoms with van der Waals surface area (Å²) in [5, 5.41) is 12.0. The summed E-state index contributed by atoms with van der Waals surface area (Å²) in [6.45, 7) is 5.90. The van der Waals surface area contributed by atoms with Gasteiger partial charge < -0.3 is 14.5 Å². The van der Waals surface area contributed by atoms with Crippen LogP contribution in [-0.4, -0.2) is 40.1 Å². The largest absolute Gasteiger partial charge is 0.497 e. The van der Waals surface area contributed by atoms with E-state index in [9.17, 15) is 4.79 Å². The maximum atomic E-state index is 11.9. The summed E-state index contributed by atoms with van der Waals surface area (Å²) in [5.41, 5.74) is 1.71. The van der Waals surface area contributed by atoms with Crippen LogP contribution in [0.1, 0.15) is 5.76 Å². The number of aryl methyl sites for hydroxylation is 1. The molecule has 140 valence electrons. The second kappa shape index (κ2) is 8.59. The molecule has 27 heavy (non-hydrogen) atoms. The number of thioether (sulfide) groups is 1. The first kappa shape index (κ1) is 18.8. The van der Waals surface area contributed by atoms with Crippen LogP contribution in [0.4, 0.5) is 0 Å². The smallest absolute Gasteiger partial charge is 0.230 e. The molecule has 1 amide bonds. The van der Waals surface area contributed by atoms with Crippen molar-refractivity contribution in [2.45, 2.75) is 12.1 Å². The van der Waals surface area contributed by atoms with Gasteiger partial charge in [0.25, 0.3) is 0 Å². The van der Waals surface area contributed by atoms with E-state index in [-0.39, 0.29) is 11.7 Å². The van der Waals surface area contributed by atoms with Crippen molar-refractivity contribution in [2.24, 2.45) is 0 Å². The van der Waals surface area contributed by atoms with Gasteiger partial charge >= 0.3 is 0 Å². The van der Waals surface area contributed by atoms with E-state index in [1.54, 1.807) is 19.4 Å². The Morgan fingerprint density at radius 1 is 1.33 bits per heavy atom. The number of hydrogen-bond acceptors (Lipinski definition) is 6. The van der Waals surface area contributed by atoms with Crippen molar-refractivity contribution < 1.29 is 13.9 Å². The summed E-state index contributed by atoms with van der Waals surface area (Å²) in [5.74, 6) is 2.29. The number of furan rings is 1. The predicted molar refractivity (Wildman–Crippen MR) is 104 cm³/mol. The van der Waals surface area contributed by atoms with Crippen molar-refractivity contribution >= 4 is 17.7 Å². The Morgan fingerprint density at radius 2 is 2.11 bits per heavy atom. The molecule has 0 atom stereocenters. The van der Waals surface area contributed by atoms with Crippen LogP contribution in [0.15, 0.2) is 58.8 Å². The molecule has 0 aliphatic carbocycles. The zero-order valence-electron chi connectivity index (χ0n) is 15.1. The lowest BCUT2D eigenvalue weighted by Crippen LogP contribution is -2.25. The molecule has 3 aromatic rings. The lowest BCUT2D eigenvalue weighted by Gasteiger charge is -2.10. The number of hydrogen-bond donors (Lipinski definition) is 1. The monoisotopic (exact) mass is 384 g/mol. The van der Waals surface area contributed by atoms with Crippen LogP contribution in [0.3, 0.4) is 0 Å². The van der Waals surface area contributed by atoms with Crippen LogP contribution in [0.5, 0.6) is 5.75 Å². The number of amides is 1. The van der Waals surface area contributed by atoms with Crippen LogP contribution < -0.4 is 10.1 Å². The number of aromatic nitrogens is 3. The Bertz CT molecular complexity index is 931. The van der Waals surface area contributed by atoms with E-state index in [0.29, 0.717) is 17.5 Å². The molecule has 8 heteroatoms. The molecule has 0 spiro atoms. The van der Waals surface area contributed by atoms with Gasteiger partial charge in [-0.2, -0.15) is 0 Å². The van der Waals surface area contributed by atoms with Crippen LogP contribution >= 0.6 is 11.8 Å². The molecule has 0 saturated carbocycles. The number of benzene rings is 1. The molecular formula is C19H20N4O3S. The second-order valence-corrected chi connectivity index (χ2v) is 6.55. The van der Waals surface area contributed by atoms with Gasteiger partial charge in [0.1, 0.15) is 11.5 Å². The predicted octanol–water partition coefficient (Wildman–Crippen LogP) is 3.24. The summed E-state index contributed by atoms with van der Waals surface area (Å²) < 4.78 is 12.6. The van der Waals surface area contributed by atoms with Crippen molar-refractivity contribution in [3.8, 4) is 22.8 Å². The average Bonchev–Trinajstić information content (AvgIpc) is 3.30. The first-order valence-corrected chi connectivity index (χ1v) is 9.27. The first-order valence-electron chi connectivity index (χ1n) is 8.28. The minimum Gasteiger partial charge on any atom is -0.497 e. The normalized spacial score (nSPS) is 10.6. The van der Waals surface area contributed by atoms with Gasteiger partial charge in [0.2, 0.25) is 5.91 Å². The third-order valence-electron chi connectivity index (χ3n) is 3.84. The Hall–Kier alpha value is -3.00. The van der Waals surface area contributed by atoms with Gasteiger partial charge in [0, 0.05) is 6.54 Å². The van der Waals surface area contributed by atoms with Crippen molar-refractivity contribution in [1.82, 2.24) is 20.1 Å². The Balaban J connectivity index is 1.95. The fourth-order valence-electron chi connectivity index (χ4n) is 2.49. The summed E-state index contributed by atoms with van der Waals surface area (Å²) in [4.78, 5) is 11.9. The van der Waals surface area contributed by atoms with Gasteiger partial charge in [-0.15, -0.1) is 16.8 Å². The second-order valence-electron chi connectivity index (χ2n) is 5.61. The molecule has 0 aliphatic rings. The van der Waals surface area contributed by atoms with Crippen molar-refractivity contribution in [1.29, 1.82) is 0 Å². The zero-order chi connectivity index (χ0) is 19.2. The zero-order valence-corrected chi connectivity index (χ0v) is 16.0. The molecular weight excluding hydrogens is 364 g/mol. The number of ether oxygens (including phenoxy) is 1. The SMILES string of the molecule is C=CCNC(=O)CSc1nnc(-c2ccoc2C)n1-c1ccc(OC)cc1. The average molecular weight is 384 g/mol. The highest BCUT2D eigenvalue weighted by atomic mass is 32.2. The Labute approximate surface area is 161 Å². The van der Waals surface area contributed by atoms with E-state index in [2.05, 4.69) is 22.1 Å². The molecule has 1 aromatic carbocycles. The maximum Gasteiger partial charge on any atom is 0.230 e. The standard InChI is InChI=1S/C19H20N4O3S/c1-4-10-20-17(24)12-27-19-22-21-18(16-9-11-26-13(16)2)23(19)14-5-7-15(25-3)8-6-14/h4-9,11H,1,10,12H2,2-3H3,(H,20,24). The van der Waals surface area contributed by atoms with E-state index in [4.69, 9.17) is 9.15 Å². The number of rotatable bonds is 8. The van der Waals surface area contributed by atoms with Crippen molar-refractivity contribution in [3.05, 3.63) is 55.0 Å². The van der Waals surface area contributed by atoms with Gasteiger partial charge in [-0.25, -0.2) is 0 Å². The topological polar surface area (TPSA) is 82.2 Å². The lowest BCUT2D eigenvalue weighted by molar-refractivity contribution is -0.118. The van der Waals surface area contributed by atoms with E-state index >= 15 is 0 Å². The van der Waals surface area contributed by atoms with Crippen LogP contribution in [0.2, 0.25) is 0 Å². The number of carbonyl (C=O) groups excluding carboxylic acids is 1. The molecule has 0 unspecified atom stereocenters. The first-order chi connectivity index (χ1) is 13.1. The van der Waals surface area contributed by atoms with Gasteiger partial charge in [-0.05, 0) is 37.3 Å². The quantitative estimate of drug-likeness (QED) is 0.474. The number of nitrogens with one attached hydrogen (secondary N) is 1. The van der Waals surface area contributed by atoms with Gasteiger partial charge in [-0.1, -0.05) is 17.8 Å². The lowest BCUT2D eigenvalue weighted by atomic mass is 10.2. The third kappa shape index (κ3) is 4.22. The molecule has 0 saturated heterocycles. The molecule has 1 N–H and O–H groups in total. The summed E-state index contributed by atoms with van der Waals surface area (Å²) >= 11 is 1.32. The van der Waals surface area contributed by atoms with Crippen molar-refractivity contribution in [2.75, 3.05) is 19.4 Å².